The van der Waals surface area contributed by atoms with Crippen molar-refractivity contribution in [3.05, 3.63) is 41.6 Å². The van der Waals surface area contributed by atoms with Crippen LogP contribution in [0.25, 0.3) is 27.1 Å². The number of hydrogen-bond acceptors (Lipinski definition) is 5. The number of piperidine rings is 1. The largest absolute Gasteiger partial charge is 0.417 e. The van der Waals surface area contributed by atoms with Crippen molar-refractivity contribution in [1.82, 2.24) is 29.7 Å². The molecule has 1 fully saturated rings. The van der Waals surface area contributed by atoms with E-state index in [0.29, 0.717) is 18.7 Å². The second-order valence-corrected chi connectivity index (χ2v) is 8.79. The van der Waals surface area contributed by atoms with Gasteiger partial charge >= 0.3 is 12.2 Å². The van der Waals surface area contributed by atoms with Crippen LogP contribution < -0.4 is 5.32 Å². The van der Waals surface area contributed by atoms with Crippen molar-refractivity contribution in [2.75, 3.05) is 32.5 Å². The lowest BCUT2D eigenvalue weighted by atomic mass is 9.90. The molecule has 4 rings (SSSR count). The number of halogens is 3. The van der Waals surface area contributed by atoms with Crippen LogP contribution in [0.3, 0.4) is 0 Å². The van der Waals surface area contributed by atoms with E-state index in [9.17, 15) is 18.0 Å². The molecule has 1 unspecified atom stereocenters. The number of hydrogen-bond donors (Lipinski definition) is 2. The van der Waals surface area contributed by atoms with Gasteiger partial charge in [0.1, 0.15) is 5.65 Å². The van der Waals surface area contributed by atoms with Crippen molar-refractivity contribution < 1.29 is 18.0 Å². The standard InChI is InChI=1S/C23H25F3N8O/c1-13(14-5-7-34(8-6-14)22(35)33(3)4)31-21-30-12-18(27-2)19(32-21)17-11-29-20-16(17)9-15(10-28-20)23(24,25)26/h9-14H,5-8H2,1,3-4H3,(H,28,29)(H,30,31,32). The van der Waals surface area contributed by atoms with Crippen LogP contribution in [0.1, 0.15) is 25.3 Å². The molecule has 1 atom stereocenters. The molecule has 0 spiro atoms. The van der Waals surface area contributed by atoms with Gasteiger partial charge in [-0.15, -0.1) is 0 Å². The van der Waals surface area contributed by atoms with Crippen LogP contribution in [-0.2, 0) is 6.18 Å². The van der Waals surface area contributed by atoms with E-state index in [1.807, 2.05) is 11.8 Å². The highest BCUT2D eigenvalue weighted by Crippen LogP contribution is 2.37. The maximum absolute atomic E-state index is 13.2. The fourth-order valence-corrected chi connectivity index (χ4v) is 4.27. The summed E-state index contributed by atoms with van der Waals surface area (Å²) in [7, 11) is 3.46. The number of nitrogens with one attached hydrogen (secondary N) is 2. The Hall–Kier alpha value is -3.88. The average Bonchev–Trinajstić information content (AvgIpc) is 3.26. The molecule has 0 radical (unpaired) electrons. The molecule has 0 bridgehead atoms. The zero-order valence-corrected chi connectivity index (χ0v) is 19.5. The molecule has 9 nitrogen and oxygen atoms in total. The van der Waals surface area contributed by atoms with Crippen LogP contribution in [0.2, 0.25) is 0 Å². The zero-order valence-electron chi connectivity index (χ0n) is 19.5. The number of H-pyrrole nitrogens is 1. The van der Waals surface area contributed by atoms with E-state index < -0.39 is 11.7 Å². The first-order valence-corrected chi connectivity index (χ1v) is 11.1. The molecule has 0 aromatic carbocycles. The third-order valence-corrected chi connectivity index (χ3v) is 6.26. The topological polar surface area (TPSA) is 94.4 Å². The molecule has 2 amide bonds. The summed E-state index contributed by atoms with van der Waals surface area (Å²) in [5.41, 5.74) is 0.0819. The third-order valence-electron chi connectivity index (χ3n) is 6.26. The molecule has 1 aliphatic rings. The van der Waals surface area contributed by atoms with Gasteiger partial charge in [-0.3, -0.25) is 0 Å². The van der Waals surface area contributed by atoms with Crippen LogP contribution in [-0.4, -0.2) is 69.0 Å². The molecular formula is C23H25F3N8O. The number of carbonyl (C=O) groups is 1. The van der Waals surface area contributed by atoms with Gasteiger partial charge < -0.3 is 20.1 Å². The number of urea groups is 1. The molecule has 2 N–H and O–H groups in total. The molecule has 3 aromatic heterocycles. The third kappa shape index (κ3) is 4.99. The summed E-state index contributed by atoms with van der Waals surface area (Å²) in [6.07, 6.45) is 0.718. The van der Waals surface area contributed by atoms with Gasteiger partial charge in [-0.25, -0.2) is 24.6 Å². The Morgan fingerprint density at radius 1 is 1.29 bits per heavy atom. The highest BCUT2D eigenvalue weighted by atomic mass is 19.4. The molecule has 1 saturated heterocycles. The smallest absolute Gasteiger partial charge is 0.352 e. The summed E-state index contributed by atoms with van der Waals surface area (Å²) in [5, 5.41) is 3.49. The summed E-state index contributed by atoms with van der Waals surface area (Å²) >= 11 is 0. The number of pyridine rings is 1. The van der Waals surface area contributed by atoms with E-state index >= 15 is 0 Å². The molecular weight excluding hydrogens is 461 g/mol. The number of aromatic nitrogens is 4. The summed E-state index contributed by atoms with van der Waals surface area (Å²) in [6.45, 7) is 10.8. The highest BCUT2D eigenvalue weighted by Gasteiger charge is 2.32. The molecule has 4 heterocycles. The van der Waals surface area contributed by atoms with Gasteiger partial charge in [-0.1, -0.05) is 0 Å². The minimum Gasteiger partial charge on any atom is -0.352 e. The van der Waals surface area contributed by atoms with Gasteiger partial charge in [-0.2, -0.15) is 13.2 Å². The Kier molecular flexibility index (Phi) is 6.51. The van der Waals surface area contributed by atoms with E-state index in [2.05, 4.69) is 30.1 Å². The Bertz CT molecular complexity index is 1270. The van der Waals surface area contributed by atoms with Crippen molar-refractivity contribution in [3.63, 3.8) is 0 Å². The van der Waals surface area contributed by atoms with Crippen molar-refractivity contribution in [2.45, 2.75) is 32.0 Å². The summed E-state index contributed by atoms with van der Waals surface area (Å²) < 4.78 is 39.7. The Balaban J connectivity index is 1.57. The number of nitrogens with zero attached hydrogens (tertiary/aromatic N) is 6. The fourth-order valence-electron chi connectivity index (χ4n) is 4.27. The van der Waals surface area contributed by atoms with Crippen molar-refractivity contribution in [2.24, 2.45) is 5.92 Å². The maximum atomic E-state index is 13.2. The molecule has 3 aromatic rings. The molecule has 1 aliphatic heterocycles. The van der Waals surface area contributed by atoms with Crippen molar-refractivity contribution in [1.29, 1.82) is 0 Å². The lowest BCUT2D eigenvalue weighted by Crippen LogP contribution is -2.46. The molecule has 35 heavy (non-hydrogen) atoms. The van der Waals surface area contributed by atoms with Gasteiger partial charge in [0.15, 0.2) is 0 Å². The van der Waals surface area contributed by atoms with Crippen LogP contribution >= 0.6 is 0 Å². The summed E-state index contributed by atoms with van der Waals surface area (Å²) in [5.74, 6) is 0.557. The first-order valence-electron chi connectivity index (χ1n) is 11.1. The van der Waals surface area contributed by atoms with E-state index in [-0.39, 0.29) is 46.4 Å². The van der Waals surface area contributed by atoms with Gasteiger partial charge in [0.05, 0.1) is 17.8 Å². The Morgan fingerprint density at radius 2 is 2.00 bits per heavy atom. The number of carbonyl (C=O) groups excluding carboxylic acids is 1. The zero-order chi connectivity index (χ0) is 25.3. The predicted molar refractivity (Wildman–Crippen MR) is 125 cm³/mol. The number of alkyl halides is 3. The summed E-state index contributed by atoms with van der Waals surface area (Å²) in [6, 6.07) is 0.982. The van der Waals surface area contributed by atoms with Crippen LogP contribution in [0.4, 0.5) is 29.6 Å². The number of fused-ring (bicyclic) bond motifs is 1. The Morgan fingerprint density at radius 3 is 2.63 bits per heavy atom. The summed E-state index contributed by atoms with van der Waals surface area (Å²) in [4.78, 5) is 34.5. The number of amides is 2. The van der Waals surface area contributed by atoms with E-state index in [1.54, 1.807) is 19.0 Å². The van der Waals surface area contributed by atoms with Gasteiger partial charge in [-0.05, 0) is 31.7 Å². The number of likely N-dealkylation sites (tertiary alicyclic amines) is 1. The second kappa shape index (κ2) is 9.40. The van der Waals surface area contributed by atoms with Crippen molar-refractivity contribution in [3.8, 4) is 11.3 Å². The van der Waals surface area contributed by atoms with Crippen LogP contribution in [0, 0.1) is 12.5 Å². The number of anilines is 1. The van der Waals surface area contributed by atoms with Gasteiger partial charge in [0, 0.05) is 62.8 Å². The first-order chi connectivity index (χ1) is 16.6. The van der Waals surface area contributed by atoms with Gasteiger partial charge in [0.2, 0.25) is 11.6 Å². The minimum absolute atomic E-state index is 0.00586. The van der Waals surface area contributed by atoms with Crippen LogP contribution in [0.15, 0.2) is 24.7 Å². The number of rotatable bonds is 4. The fraction of sp³-hybridized carbons (Fsp3) is 0.435. The lowest BCUT2D eigenvalue weighted by molar-refractivity contribution is -0.137. The number of aromatic amines is 1. The lowest BCUT2D eigenvalue weighted by Gasteiger charge is -2.36. The van der Waals surface area contributed by atoms with E-state index in [4.69, 9.17) is 6.57 Å². The quantitative estimate of drug-likeness (QED) is 0.518. The maximum Gasteiger partial charge on any atom is 0.417 e. The minimum atomic E-state index is -4.54. The molecule has 12 heteroatoms. The molecule has 0 aliphatic carbocycles. The highest BCUT2D eigenvalue weighted by molar-refractivity contribution is 5.96. The SMILES string of the molecule is [C-]#[N+]c1cnc(NC(C)C2CCN(C(=O)N(C)C)CC2)nc1-c1c[nH]c2ncc(C(F)(F)F)cc12. The molecule has 184 valence electrons. The Labute approximate surface area is 200 Å². The second-order valence-electron chi connectivity index (χ2n) is 8.79. The van der Waals surface area contributed by atoms with E-state index in [0.717, 1.165) is 25.1 Å². The van der Waals surface area contributed by atoms with Crippen LogP contribution in [0.5, 0.6) is 0 Å². The predicted octanol–water partition coefficient (Wildman–Crippen LogP) is 4.78. The normalized spacial score (nSPS) is 15.6. The van der Waals surface area contributed by atoms with Gasteiger partial charge in [0.25, 0.3) is 0 Å². The monoisotopic (exact) mass is 486 g/mol. The first kappa shape index (κ1) is 24.3. The average molecular weight is 487 g/mol. The molecule has 0 saturated carbocycles. The van der Waals surface area contributed by atoms with Crippen molar-refractivity contribution >= 4 is 28.7 Å². The van der Waals surface area contributed by atoms with E-state index in [1.165, 1.54) is 12.4 Å².